The molecule has 3 aromatic rings. The molecule has 134 valence electrons. The molecule has 0 aromatic heterocycles. The van der Waals surface area contributed by atoms with E-state index in [0.717, 1.165) is 17.7 Å². The summed E-state index contributed by atoms with van der Waals surface area (Å²) in [6, 6.07) is 17.9. The van der Waals surface area contributed by atoms with Gasteiger partial charge in [-0.3, -0.25) is 0 Å². The molecular weight excluding hydrogens is 338 g/mol. The van der Waals surface area contributed by atoms with E-state index in [1.807, 2.05) is 18.2 Å². The first-order chi connectivity index (χ1) is 12.6. The molecule has 3 rings (SSSR count). The summed E-state index contributed by atoms with van der Waals surface area (Å²) in [6.45, 7) is 0.142. The van der Waals surface area contributed by atoms with Crippen molar-refractivity contribution in [2.75, 3.05) is 7.11 Å². The van der Waals surface area contributed by atoms with Gasteiger partial charge in [0.2, 0.25) is 0 Å². The number of hydrogen-bond donors (Lipinski definition) is 1. The van der Waals surface area contributed by atoms with E-state index >= 15 is 0 Å². The number of methoxy groups -OCH3 is 1. The van der Waals surface area contributed by atoms with Crippen LogP contribution >= 0.6 is 0 Å². The fraction of sp³-hybridized carbons (Fsp3) is 0.143. The lowest BCUT2D eigenvalue weighted by Crippen LogP contribution is -2.06. The van der Waals surface area contributed by atoms with Crippen LogP contribution in [0.2, 0.25) is 0 Å². The van der Waals surface area contributed by atoms with E-state index in [4.69, 9.17) is 9.47 Å². The molecule has 0 aliphatic heterocycles. The zero-order valence-corrected chi connectivity index (χ0v) is 14.2. The molecule has 0 amide bonds. The lowest BCUT2D eigenvalue weighted by atomic mass is 10.0. The summed E-state index contributed by atoms with van der Waals surface area (Å²) in [5, 5.41) is 10.6. The molecule has 3 nitrogen and oxygen atoms in total. The van der Waals surface area contributed by atoms with Gasteiger partial charge in [-0.25, -0.2) is 8.78 Å². The van der Waals surface area contributed by atoms with Gasteiger partial charge in [0.1, 0.15) is 24.2 Å². The maximum absolute atomic E-state index is 13.7. The van der Waals surface area contributed by atoms with Crippen molar-refractivity contribution in [3.05, 3.63) is 95.1 Å². The van der Waals surface area contributed by atoms with E-state index in [1.54, 1.807) is 43.5 Å². The van der Waals surface area contributed by atoms with Crippen LogP contribution in [0.15, 0.2) is 66.7 Å². The van der Waals surface area contributed by atoms with E-state index in [9.17, 15) is 13.9 Å². The fourth-order valence-corrected chi connectivity index (χ4v) is 2.58. The first-order valence-electron chi connectivity index (χ1n) is 8.06. The first-order valence-corrected chi connectivity index (χ1v) is 8.06. The fourth-order valence-electron chi connectivity index (χ4n) is 2.58. The Labute approximate surface area is 150 Å². The summed E-state index contributed by atoms with van der Waals surface area (Å²) in [5.74, 6) is -1.26. The number of aliphatic hydroxyl groups is 1. The minimum absolute atomic E-state index is 0.0936. The van der Waals surface area contributed by atoms with Gasteiger partial charge in [0.25, 0.3) is 0 Å². The second kappa shape index (κ2) is 7.97. The molecule has 26 heavy (non-hydrogen) atoms. The zero-order valence-electron chi connectivity index (χ0n) is 14.2. The second-order valence-corrected chi connectivity index (χ2v) is 5.75. The lowest BCUT2D eigenvalue weighted by molar-refractivity contribution is 0.208. The Bertz CT molecular complexity index is 864. The number of ether oxygens (including phenoxy) is 2. The van der Waals surface area contributed by atoms with Crippen LogP contribution in [0, 0.1) is 11.6 Å². The Morgan fingerprint density at radius 3 is 2.23 bits per heavy atom. The van der Waals surface area contributed by atoms with Crippen LogP contribution in [0.5, 0.6) is 11.5 Å². The van der Waals surface area contributed by atoms with E-state index in [2.05, 4.69) is 0 Å². The van der Waals surface area contributed by atoms with E-state index in [0.29, 0.717) is 11.3 Å². The number of hydrogen-bond acceptors (Lipinski definition) is 3. The number of halogens is 2. The third kappa shape index (κ3) is 4.00. The van der Waals surface area contributed by atoms with Crippen LogP contribution in [0.4, 0.5) is 8.78 Å². The van der Waals surface area contributed by atoms with Crippen molar-refractivity contribution in [3.8, 4) is 11.5 Å². The Kier molecular flexibility index (Phi) is 5.49. The Hall–Kier alpha value is -2.92. The average Bonchev–Trinajstić information content (AvgIpc) is 2.69. The topological polar surface area (TPSA) is 38.7 Å². The van der Waals surface area contributed by atoms with E-state index in [1.165, 1.54) is 0 Å². The smallest absolute Gasteiger partial charge is 0.162 e. The number of rotatable bonds is 6. The van der Waals surface area contributed by atoms with Gasteiger partial charge in [0.15, 0.2) is 11.6 Å². The Morgan fingerprint density at radius 1 is 0.923 bits per heavy atom. The number of benzene rings is 3. The van der Waals surface area contributed by atoms with Gasteiger partial charge in [-0.2, -0.15) is 0 Å². The van der Waals surface area contributed by atoms with Crippen LogP contribution in [-0.2, 0) is 6.61 Å². The minimum atomic E-state index is -1.13. The summed E-state index contributed by atoms with van der Waals surface area (Å²) < 4.78 is 38.2. The van der Waals surface area contributed by atoms with Crippen LogP contribution in [-0.4, -0.2) is 12.2 Å². The third-order valence-electron chi connectivity index (χ3n) is 4.02. The molecule has 0 aliphatic rings. The van der Waals surface area contributed by atoms with Crippen molar-refractivity contribution < 1.29 is 23.4 Å². The second-order valence-electron chi connectivity index (χ2n) is 5.75. The van der Waals surface area contributed by atoms with Gasteiger partial charge in [-0.05, 0) is 29.3 Å². The van der Waals surface area contributed by atoms with Gasteiger partial charge >= 0.3 is 0 Å². The lowest BCUT2D eigenvalue weighted by Gasteiger charge is -2.17. The maximum atomic E-state index is 13.7. The van der Waals surface area contributed by atoms with Crippen LogP contribution in [0.25, 0.3) is 0 Å². The number of aliphatic hydroxyl groups excluding tert-OH is 1. The van der Waals surface area contributed by atoms with Crippen molar-refractivity contribution in [2.45, 2.75) is 12.7 Å². The predicted molar refractivity (Wildman–Crippen MR) is 94.2 cm³/mol. The van der Waals surface area contributed by atoms with Crippen molar-refractivity contribution in [2.24, 2.45) is 0 Å². The summed E-state index contributed by atoms with van der Waals surface area (Å²) in [4.78, 5) is 0. The largest absolute Gasteiger partial charge is 0.497 e. The van der Waals surface area contributed by atoms with Crippen LogP contribution in [0.3, 0.4) is 0 Å². The molecule has 0 saturated heterocycles. The summed E-state index contributed by atoms with van der Waals surface area (Å²) >= 11 is 0. The summed E-state index contributed by atoms with van der Waals surface area (Å²) in [5.41, 5.74) is 1.56. The van der Waals surface area contributed by atoms with Gasteiger partial charge < -0.3 is 14.6 Å². The third-order valence-corrected chi connectivity index (χ3v) is 4.02. The molecular formula is C21H18F2O3. The highest BCUT2D eigenvalue weighted by Crippen LogP contribution is 2.32. The molecule has 0 saturated carbocycles. The highest BCUT2D eigenvalue weighted by Gasteiger charge is 2.19. The van der Waals surface area contributed by atoms with Crippen molar-refractivity contribution in [3.63, 3.8) is 0 Å². The Morgan fingerprint density at radius 2 is 1.58 bits per heavy atom. The normalized spacial score (nSPS) is 11.8. The standard InChI is InChI=1S/C21H18F2O3/c1-25-16-9-7-14(8-10-16)13-26-20-12-19(23)18(22)11-17(20)21(24)15-5-3-2-4-6-15/h2-12,21,24H,13H2,1H3. The quantitative estimate of drug-likeness (QED) is 0.700. The molecule has 1 N–H and O–H groups in total. The molecule has 0 radical (unpaired) electrons. The molecule has 0 bridgehead atoms. The SMILES string of the molecule is COc1ccc(COc2cc(F)c(F)cc2C(O)c2ccccc2)cc1. The van der Waals surface area contributed by atoms with Crippen molar-refractivity contribution in [1.82, 2.24) is 0 Å². The van der Waals surface area contributed by atoms with Crippen LogP contribution < -0.4 is 9.47 Å². The van der Waals surface area contributed by atoms with E-state index in [-0.39, 0.29) is 17.9 Å². The maximum Gasteiger partial charge on any atom is 0.162 e. The van der Waals surface area contributed by atoms with Crippen molar-refractivity contribution in [1.29, 1.82) is 0 Å². The molecule has 1 unspecified atom stereocenters. The van der Waals surface area contributed by atoms with Gasteiger partial charge in [-0.1, -0.05) is 42.5 Å². The Balaban J connectivity index is 1.86. The highest BCUT2D eigenvalue weighted by atomic mass is 19.2. The molecule has 0 heterocycles. The van der Waals surface area contributed by atoms with Gasteiger partial charge in [-0.15, -0.1) is 0 Å². The monoisotopic (exact) mass is 356 g/mol. The van der Waals surface area contributed by atoms with Gasteiger partial charge in [0.05, 0.1) is 7.11 Å². The highest BCUT2D eigenvalue weighted by molar-refractivity contribution is 5.41. The van der Waals surface area contributed by atoms with E-state index < -0.39 is 17.7 Å². The minimum Gasteiger partial charge on any atom is -0.497 e. The molecule has 0 aliphatic carbocycles. The molecule has 1 atom stereocenters. The molecule has 5 heteroatoms. The predicted octanol–water partition coefficient (Wildman–Crippen LogP) is 4.63. The summed E-state index contributed by atoms with van der Waals surface area (Å²) in [7, 11) is 1.57. The zero-order chi connectivity index (χ0) is 18.5. The molecule has 0 spiro atoms. The van der Waals surface area contributed by atoms with Crippen molar-refractivity contribution >= 4 is 0 Å². The average molecular weight is 356 g/mol. The summed E-state index contributed by atoms with van der Waals surface area (Å²) in [6.07, 6.45) is -1.13. The van der Waals surface area contributed by atoms with Crippen LogP contribution in [0.1, 0.15) is 22.8 Å². The van der Waals surface area contributed by atoms with Gasteiger partial charge in [0, 0.05) is 11.6 Å². The molecule has 0 fully saturated rings. The molecule has 3 aromatic carbocycles. The first kappa shape index (κ1) is 17.9.